The molecule has 1 heterocycles. The van der Waals surface area contributed by atoms with Crippen LogP contribution in [0, 0.1) is 6.92 Å². The number of benzene rings is 2. The van der Waals surface area contributed by atoms with E-state index in [-0.39, 0.29) is 33.2 Å². The summed E-state index contributed by atoms with van der Waals surface area (Å²) < 4.78 is -0.107. The minimum absolute atomic E-state index is 0.00244. The minimum atomic E-state index is -0.532. The molecule has 1 N–H and O–H groups in total. The zero-order valence-electron chi connectivity index (χ0n) is 18.5. The van der Waals surface area contributed by atoms with E-state index in [1.807, 2.05) is 45.0 Å². The van der Waals surface area contributed by atoms with Crippen molar-refractivity contribution in [3.05, 3.63) is 71.3 Å². The predicted molar refractivity (Wildman–Crippen MR) is 124 cm³/mol. The molecule has 160 valence electrons. The molecule has 0 spiro atoms. The highest BCUT2D eigenvalue weighted by Crippen LogP contribution is 2.48. The first-order valence-corrected chi connectivity index (χ1v) is 11.5. The van der Waals surface area contributed by atoms with Gasteiger partial charge in [0.25, 0.3) is 5.91 Å². The average molecular weight is 472 g/mol. The Kier molecular flexibility index (Phi) is 6.54. The summed E-state index contributed by atoms with van der Waals surface area (Å²) in [5, 5.41) is 0. The molecule has 0 aromatic heterocycles. The molecule has 4 nitrogen and oxygen atoms in total. The van der Waals surface area contributed by atoms with Crippen molar-refractivity contribution in [1.29, 1.82) is 0 Å². The van der Waals surface area contributed by atoms with Crippen LogP contribution in [-0.2, 0) is 9.59 Å². The molecule has 4 atom stereocenters. The standard InChI is InChI=1S/C25H31BrN2O2/c1-17-11-9-10-14-21(17)20-15-22(26)24(30)28(25(3,4)5,27-18(2)29)23(16-20)19-12-7-6-8-13-19/h6-14,20,22-23H,15-16H2,1-5H3/p+1. The molecule has 2 amide bonds. The van der Waals surface area contributed by atoms with E-state index >= 15 is 0 Å². The van der Waals surface area contributed by atoms with Crippen molar-refractivity contribution >= 4 is 27.7 Å². The lowest BCUT2D eigenvalue weighted by molar-refractivity contribution is -0.961. The number of nitrogens with zero attached hydrogens (tertiary/aromatic N) is 1. The van der Waals surface area contributed by atoms with Crippen LogP contribution in [0.5, 0.6) is 0 Å². The lowest BCUT2D eigenvalue weighted by Gasteiger charge is -2.49. The smallest absolute Gasteiger partial charge is 0.270 e. The largest absolute Gasteiger partial charge is 0.352 e. The summed E-state index contributed by atoms with van der Waals surface area (Å²) >= 11 is 3.71. The number of likely N-dealkylation sites (tertiary alicyclic amines) is 1. The predicted octanol–water partition coefficient (Wildman–Crippen LogP) is 5.57. The van der Waals surface area contributed by atoms with Gasteiger partial charge in [0.2, 0.25) is 0 Å². The number of amides is 2. The zero-order valence-corrected chi connectivity index (χ0v) is 20.1. The Labute approximate surface area is 188 Å². The summed E-state index contributed by atoms with van der Waals surface area (Å²) in [6.07, 6.45) is 1.46. The van der Waals surface area contributed by atoms with Crippen molar-refractivity contribution in [2.75, 3.05) is 0 Å². The van der Waals surface area contributed by atoms with Gasteiger partial charge in [-0.1, -0.05) is 70.5 Å². The van der Waals surface area contributed by atoms with E-state index in [1.165, 1.54) is 18.1 Å². The fourth-order valence-corrected chi connectivity index (χ4v) is 5.70. The first-order valence-electron chi connectivity index (χ1n) is 10.5. The Hall–Kier alpha value is -1.98. The van der Waals surface area contributed by atoms with Crippen LogP contribution in [0.3, 0.4) is 0 Å². The Morgan fingerprint density at radius 1 is 1.03 bits per heavy atom. The Balaban J connectivity index is 2.25. The van der Waals surface area contributed by atoms with Crippen LogP contribution < -0.4 is 5.43 Å². The molecule has 5 heteroatoms. The van der Waals surface area contributed by atoms with E-state index in [9.17, 15) is 9.59 Å². The summed E-state index contributed by atoms with van der Waals surface area (Å²) in [6, 6.07) is 18.3. The fourth-order valence-electron chi connectivity index (χ4n) is 4.93. The Morgan fingerprint density at radius 3 is 2.20 bits per heavy atom. The van der Waals surface area contributed by atoms with Crippen LogP contribution in [0.15, 0.2) is 54.6 Å². The van der Waals surface area contributed by atoms with Crippen LogP contribution in [0.25, 0.3) is 0 Å². The molecule has 0 saturated carbocycles. The van der Waals surface area contributed by atoms with Crippen molar-refractivity contribution in [1.82, 2.24) is 5.43 Å². The van der Waals surface area contributed by atoms with E-state index in [1.54, 1.807) is 0 Å². The molecule has 4 unspecified atom stereocenters. The summed E-state index contributed by atoms with van der Waals surface area (Å²) in [4.78, 5) is 26.1. The molecule has 0 radical (unpaired) electrons. The van der Waals surface area contributed by atoms with Gasteiger partial charge in [-0.2, -0.15) is 5.43 Å². The van der Waals surface area contributed by atoms with Gasteiger partial charge in [-0.3, -0.25) is 4.79 Å². The number of carbonyl (C=O) groups excluding carboxylic acids is 2. The molecule has 0 aliphatic carbocycles. The molecular formula is C25H32BrN2O2+. The van der Waals surface area contributed by atoms with Gasteiger partial charge in [0.1, 0.15) is 16.4 Å². The number of hydrogen-bond donors (Lipinski definition) is 1. The van der Waals surface area contributed by atoms with E-state index in [2.05, 4.69) is 58.6 Å². The van der Waals surface area contributed by atoms with Gasteiger partial charge in [-0.15, -0.1) is 4.59 Å². The highest BCUT2D eigenvalue weighted by atomic mass is 79.9. The van der Waals surface area contributed by atoms with Crippen LogP contribution in [0.1, 0.15) is 69.2 Å². The monoisotopic (exact) mass is 471 g/mol. The molecule has 2 aromatic carbocycles. The van der Waals surface area contributed by atoms with Crippen LogP contribution >= 0.6 is 15.9 Å². The maximum atomic E-state index is 14.0. The van der Waals surface area contributed by atoms with E-state index in [4.69, 9.17) is 0 Å². The molecule has 1 aliphatic heterocycles. The van der Waals surface area contributed by atoms with Gasteiger partial charge in [-0.05, 0) is 51.2 Å². The number of hydrogen-bond acceptors (Lipinski definition) is 2. The van der Waals surface area contributed by atoms with E-state index in [0.717, 1.165) is 12.0 Å². The van der Waals surface area contributed by atoms with Gasteiger partial charge in [0.05, 0.1) is 0 Å². The highest BCUT2D eigenvalue weighted by Gasteiger charge is 2.59. The molecule has 3 rings (SSSR count). The molecule has 2 aromatic rings. The topological polar surface area (TPSA) is 46.2 Å². The van der Waals surface area contributed by atoms with Gasteiger partial charge < -0.3 is 0 Å². The number of quaternary nitrogens is 1. The van der Waals surface area contributed by atoms with Gasteiger partial charge in [0, 0.05) is 18.9 Å². The zero-order chi connectivity index (χ0) is 22.1. The number of carbonyl (C=O) groups is 2. The summed E-state index contributed by atoms with van der Waals surface area (Å²) in [5.74, 6) is -0.00303. The van der Waals surface area contributed by atoms with Gasteiger partial charge >= 0.3 is 5.91 Å². The third-order valence-corrected chi connectivity index (χ3v) is 7.05. The normalized spacial score (nSPS) is 27.4. The first-order chi connectivity index (χ1) is 14.1. The van der Waals surface area contributed by atoms with Crippen molar-refractivity contribution in [2.45, 2.75) is 69.8 Å². The molecule has 0 bridgehead atoms. The second kappa shape index (κ2) is 8.64. The minimum Gasteiger partial charge on any atom is -0.270 e. The van der Waals surface area contributed by atoms with Crippen molar-refractivity contribution in [2.24, 2.45) is 0 Å². The maximum Gasteiger partial charge on any atom is 0.352 e. The molecular weight excluding hydrogens is 440 g/mol. The van der Waals surface area contributed by atoms with E-state index in [0.29, 0.717) is 6.42 Å². The number of aryl methyl sites for hydroxylation is 1. The van der Waals surface area contributed by atoms with Gasteiger partial charge in [-0.25, -0.2) is 4.79 Å². The third kappa shape index (κ3) is 4.10. The lowest BCUT2D eigenvalue weighted by Crippen LogP contribution is -2.73. The Bertz CT molecular complexity index is 922. The first kappa shape index (κ1) is 22.7. The average Bonchev–Trinajstić information content (AvgIpc) is 2.79. The van der Waals surface area contributed by atoms with Crippen molar-refractivity contribution in [3.63, 3.8) is 0 Å². The maximum absolute atomic E-state index is 14.0. The number of halogens is 1. The third-order valence-electron chi connectivity index (χ3n) is 6.29. The molecule has 1 aliphatic rings. The second-order valence-corrected chi connectivity index (χ2v) is 10.4. The molecule has 30 heavy (non-hydrogen) atoms. The SMILES string of the molecule is CC(=O)N[N+]1(C(C)(C)C)C(=O)C(Br)CC(c2ccccc2C)CC1c1ccccc1. The molecule has 1 fully saturated rings. The fraction of sp³-hybridized carbons (Fsp3) is 0.440. The lowest BCUT2D eigenvalue weighted by atomic mass is 9.84. The van der Waals surface area contributed by atoms with Crippen LogP contribution in [0.2, 0.25) is 0 Å². The Morgan fingerprint density at radius 2 is 1.63 bits per heavy atom. The summed E-state index contributed by atoms with van der Waals surface area (Å²) in [6.45, 7) is 9.72. The quantitative estimate of drug-likeness (QED) is 0.469. The van der Waals surface area contributed by atoms with Crippen molar-refractivity contribution in [3.8, 4) is 0 Å². The van der Waals surface area contributed by atoms with Crippen LogP contribution in [0.4, 0.5) is 0 Å². The number of nitrogens with one attached hydrogen (secondary N) is 1. The van der Waals surface area contributed by atoms with Gasteiger partial charge in [0.15, 0.2) is 0 Å². The van der Waals surface area contributed by atoms with Crippen LogP contribution in [-0.4, -0.2) is 26.8 Å². The number of alkyl halides is 1. The summed E-state index contributed by atoms with van der Waals surface area (Å²) in [5.41, 5.74) is 6.15. The summed E-state index contributed by atoms with van der Waals surface area (Å²) in [7, 11) is 0. The second-order valence-electron chi connectivity index (χ2n) is 9.32. The highest BCUT2D eigenvalue weighted by molar-refractivity contribution is 9.10. The number of rotatable bonds is 3. The van der Waals surface area contributed by atoms with E-state index < -0.39 is 5.54 Å². The molecule has 1 saturated heterocycles. The van der Waals surface area contributed by atoms with Crippen molar-refractivity contribution < 1.29 is 14.2 Å².